The van der Waals surface area contributed by atoms with E-state index in [1.165, 1.54) is 23.6 Å². The SMILES string of the molecule is CN/C(=C(\C(C)=N)c1ccc(F)cc1Cl)n1c(C)nc2cc(F)cc(F)c21. The fourth-order valence-corrected chi connectivity index (χ4v) is 3.33. The first kappa shape index (κ1) is 19.0. The third-order valence-corrected chi connectivity index (χ3v) is 4.42. The van der Waals surface area contributed by atoms with E-state index in [1.807, 2.05) is 0 Å². The molecule has 8 heteroatoms. The number of nitrogens with zero attached hydrogens (tertiary/aromatic N) is 2. The molecule has 0 fully saturated rings. The number of hydrogen-bond acceptors (Lipinski definition) is 3. The number of aryl methyl sites for hydroxylation is 1. The first-order valence-corrected chi connectivity index (χ1v) is 8.39. The van der Waals surface area contributed by atoms with Gasteiger partial charge in [0.05, 0.1) is 10.5 Å². The molecule has 0 saturated heterocycles. The molecule has 0 aliphatic carbocycles. The van der Waals surface area contributed by atoms with Gasteiger partial charge >= 0.3 is 0 Å². The molecule has 2 N–H and O–H groups in total. The maximum Gasteiger partial charge on any atom is 0.152 e. The minimum Gasteiger partial charge on any atom is -0.374 e. The predicted octanol–water partition coefficient (Wildman–Crippen LogP) is 5.00. The first-order valence-electron chi connectivity index (χ1n) is 8.02. The summed E-state index contributed by atoms with van der Waals surface area (Å²) in [5, 5.41) is 11.3. The molecule has 0 amide bonds. The number of allylic oxidation sites excluding steroid dienone is 1. The molecule has 3 aromatic rings. The molecule has 27 heavy (non-hydrogen) atoms. The summed E-state index contributed by atoms with van der Waals surface area (Å²) in [6, 6.07) is 5.73. The zero-order chi connectivity index (χ0) is 19.9. The Balaban J connectivity index is 2.42. The van der Waals surface area contributed by atoms with Crippen LogP contribution >= 0.6 is 11.6 Å². The van der Waals surface area contributed by atoms with Gasteiger partial charge in [0.25, 0.3) is 0 Å². The summed E-state index contributed by atoms with van der Waals surface area (Å²) in [4.78, 5) is 4.22. The third kappa shape index (κ3) is 3.30. The average molecular weight is 393 g/mol. The second kappa shape index (κ2) is 7.08. The van der Waals surface area contributed by atoms with Crippen LogP contribution in [0, 0.1) is 29.8 Å². The fourth-order valence-electron chi connectivity index (χ4n) is 3.07. The Morgan fingerprint density at radius 2 is 1.85 bits per heavy atom. The quantitative estimate of drug-likeness (QED) is 0.614. The second-order valence-electron chi connectivity index (χ2n) is 5.97. The van der Waals surface area contributed by atoms with Gasteiger partial charge in [-0.05, 0) is 32.0 Å². The zero-order valence-electron chi connectivity index (χ0n) is 14.8. The number of nitrogens with one attached hydrogen (secondary N) is 2. The van der Waals surface area contributed by atoms with Gasteiger partial charge in [0.2, 0.25) is 0 Å². The van der Waals surface area contributed by atoms with Crippen molar-refractivity contribution in [2.75, 3.05) is 7.05 Å². The fraction of sp³-hybridized carbons (Fsp3) is 0.158. The lowest BCUT2D eigenvalue weighted by atomic mass is 10.0. The summed E-state index contributed by atoms with van der Waals surface area (Å²) in [6.45, 7) is 3.18. The van der Waals surface area contributed by atoms with Gasteiger partial charge in [-0.25, -0.2) is 18.2 Å². The number of imidazole rings is 1. The van der Waals surface area contributed by atoms with Crippen LogP contribution < -0.4 is 5.32 Å². The van der Waals surface area contributed by atoms with E-state index in [0.29, 0.717) is 22.8 Å². The molecular formula is C19H16ClF3N4. The van der Waals surface area contributed by atoms with E-state index in [2.05, 4.69) is 10.3 Å². The van der Waals surface area contributed by atoms with Crippen molar-refractivity contribution in [2.45, 2.75) is 13.8 Å². The molecule has 1 aromatic heterocycles. The summed E-state index contributed by atoms with van der Waals surface area (Å²) in [7, 11) is 1.60. The summed E-state index contributed by atoms with van der Waals surface area (Å²) in [6.07, 6.45) is 0. The molecule has 4 nitrogen and oxygen atoms in total. The topological polar surface area (TPSA) is 53.7 Å². The van der Waals surface area contributed by atoms with Crippen molar-refractivity contribution in [2.24, 2.45) is 0 Å². The van der Waals surface area contributed by atoms with E-state index >= 15 is 0 Å². The highest BCUT2D eigenvalue weighted by molar-refractivity contribution is 6.36. The second-order valence-corrected chi connectivity index (χ2v) is 6.38. The zero-order valence-corrected chi connectivity index (χ0v) is 15.5. The Labute approximate surface area is 158 Å². The van der Waals surface area contributed by atoms with Gasteiger partial charge < -0.3 is 10.7 Å². The Bertz CT molecular complexity index is 1100. The van der Waals surface area contributed by atoms with Gasteiger partial charge in [-0.3, -0.25) is 4.57 Å². The molecule has 3 rings (SSSR count). The normalized spacial score (nSPS) is 12.3. The van der Waals surface area contributed by atoms with Crippen molar-refractivity contribution < 1.29 is 13.2 Å². The third-order valence-electron chi connectivity index (χ3n) is 4.11. The highest BCUT2D eigenvalue weighted by Gasteiger charge is 2.22. The molecule has 0 aliphatic rings. The van der Waals surface area contributed by atoms with E-state index < -0.39 is 17.5 Å². The molecule has 0 saturated carbocycles. The molecule has 1 heterocycles. The number of rotatable bonds is 4. The van der Waals surface area contributed by atoms with E-state index in [9.17, 15) is 13.2 Å². The van der Waals surface area contributed by atoms with Crippen LogP contribution in [0.2, 0.25) is 5.02 Å². The van der Waals surface area contributed by atoms with Crippen LogP contribution in [0.3, 0.4) is 0 Å². The maximum atomic E-state index is 14.5. The molecular weight excluding hydrogens is 377 g/mol. The molecule has 0 aliphatic heterocycles. The molecule has 0 unspecified atom stereocenters. The van der Waals surface area contributed by atoms with Crippen LogP contribution in [0.25, 0.3) is 22.4 Å². The van der Waals surface area contributed by atoms with E-state index in [0.717, 1.165) is 18.2 Å². The van der Waals surface area contributed by atoms with Crippen LogP contribution in [0.1, 0.15) is 18.3 Å². The Kier molecular flexibility index (Phi) is 4.97. The van der Waals surface area contributed by atoms with E-state index in [1.54, 1.807) is 14.0 Å². The largest absolute Gasteiger partial charge is 0.374 e. The smallest absolute Gasteiger partial charge is 0.152 e. The summed E-state index contributed by atoms with van der Waals surface area (Å²) in [5.74, 6) is -1.32. The number of aromatic nitrogens is 2. The number of fused-ring (bicyclic) bond motifs is 1. The molecule has 0 radical (unpaired) electrons. The van der Waals surface area contributed by atoms with Crippen molar-refractivity contribution >= 4 is 39.7 Å². The lowest BCUT2D eigenvalue weighted by molar-refractivity contribution is 0.589. The van der Waals surface area contributed by atoms with Gasteiger partial charge in [0.15, 0.2) is 5.82 Å². The maximum absolute atomic E-state index is 14.5. The molecule has 0 spiro atoms. The summed E-state index contributed by atoms with van der Waals surface area (Å²) in [5.41, 5.74) is 1.07. The van der Waals surface area contributed by atoms with Crippen molar-refractivity contribution in [3.63, 3.8) is 0 Å². The van der Waals surface area contributed by atoms with Gasteiger partial charge in [0.1, 0.15) is 28.8 Å². The van der Waals surface area contributed by atoms with Crippen LogP contribution in [0.5, 0.6) is 0 Å². The van der Waals surface area contributed by atoms with Crippen LogP contribution in [-0.4, -0.2) is 22.3 Å². The minimum absolute atomic E-state index is 0.0650. The first-order chi connectivity index (χ1) is 12.7. The summed E-state index contributed by atoms with van der Waals surface area (Å²) < 4.78 is 43.0. The lowest BCUT2D eigenvalue weighted by Gasteiger charge is -2.19. The number of hydrogen-bond donors (Lipinski definition) is 2. The highest BCUT2D eigenvalue weighted by Crippen LogP contribution is 2.32. The van der Waals surface area contributed by atoms with Crippen molar-refractivity contribution in [3.05, 3.63) is 64.2 Å². The molecule has 2 aromatic carbocycles. The Hall–Kier alpha value is -2.80. The Morgan fingerprint density at radius 1 is 1.15 bits per heavy atom. The van der Waals surface area contributed by atoms with Gasteiger partial charge in [-0.15, -0.1) is 0 Å². The van der Waals surface area contributed by atoms with Gasteiger partial charge in [0, 0.05) is 36.0 Å². The van der Waals surface area contributed by atoms with Gasteiger partial charge in [-0.1, -0.05) is 11.6 Å². The van der Waals surface area contributed by atoms with E-state index in [4.69, 9.17) is 17.0 Å². The van der Waals surface area contributed by atoms with Crippen molar-refractivity contribution in [3.8, 4) is 0 Å². The average Bonchev–Trinajstić information content (AvgIpc) is 2.89. The van der Waals surface area contributed by atoms with Crippen LogP contribution in [-0.2, 0) is 0 Å². The monoisotopic (exact) mass is 392 g/mol. The van der Waals surface area contributed by atoms with Crippen LogP contribution in [0.4, 0.5) is 13.2 Å². The standard InChI is InChI=1S/C19H16ClF3N4/c1-9(24)17(13-5-4-11(21)6-14(13)20)19(25-3)27-10(2)26-16-8-12(22)7-15(23)18(16)27/h4-8,24-25H,1-3H3/b19-17-,24-9?. The van der Waals surface area contributed by atoms with Crippen molar-refractivity contribution in [1.82, 2.24) is 14.9 Å². The molecule has 140 valence electrons. The van der Waals surface area contributed by atoms with Crippen LogP contribution in [0.15, 0.2) is 30.3 Å². The minimum atomic E-state index is -0.787. The molecule has 0 bridgehead atoms. The highest BCUT2D eigenvalue weighted by atomic mass is 35.5. The summed E-state index contributed by atoms with van der Waals surface area (Å²) >= 11 is 6.19. The molecule has 0 atom stereocenters. The Morgan fingerprint density at radius 3 is 2.44 bits per heavy atom. The lowest BCUT2D eigenvalue weighted by Crippen LogP contribution is -2.18. The number of benzene rings is 2. The van der Waals surface area contributed by atoms with E-state index in [-0.39, 0.29) is 21.8 Å². The number of halogens is 4. The van der Waals surface area contributed by atoms with Gasteiger partial charge in [-0.2, -0.15) is 0 Å². The van der Waals surface area contributed by atoms with Crippen molar-refractivity contribution in [1.29, 1.82) is 5.41 Å². The predicted molar refractivity (Wildman–Crippen MR) is 101 cm³/mol.